The number of pyridine rings is 1. The molecule has 0 aliphatic carbocycles. The highest BCUT2D eigenvalue weighted by Gasteiger charge is 2.13. The molecule has 6 heteroatoms. The van der Waals surface area contributed by atoms with Crippen molar-refractivity contribution in [1.29, 1.82) is 0 Å². The van der Waals surface area contributed by atoms with Crippen LogP contribution in [0.3, 0.4) is 0 Å². The topological polar surface area (TPSA) is 67.5 Å². The number of carboxylic acids is 1. The van der Waals surface area contributed by atoms with Crippen LogP contribution in [-0.4, -0.2) is 31.4 Å². The molecule has 0 saturated carbocycles. The lowest BCUT2D eigenvalue weighted by atomic mass is 10.2. The van der Waals surface area contributed by atoms with E-state index in [9.17, 15) is 4.79 Å². The third kappa shape index (κ3) is 2.58. The minimum Gasteiger partial charge on any atom is -0.481 e. The molecule has 5 nitrogen and oxygen atoms in total. The van der Waals surface area contributed by atoms with Gasteiger partial charge in [0, 0.05) is 5.75 Å². The SMILES string of the molecule is Cc1cc(SCC(C)C(=O)O)n2ncnc2c1. The monoisotopic (exact) mass is 251 g/mol. The van der Waals surface area contributed by atoms with Crippen molar-refractivity contribution in [2.75, 3.05) is 5.75 Å². The predicted octanol–water partition coefficient (Wildman–Crippen LogP) is 1.85. The van der Waals surface area contributed by atoms with Crippen LogP contribution < -0.4 is 0 Å². The van der Waals surface area contributed by atoms with Crippen molar-refractivity contribution in [2.45, 2.75) is 18.9 Å². The molecule has 0 saturated heterocycles. The number of thioether (sulfide) groups is 1. The molecule has 0 fully saturated rings. The zero-order valence-electron chi connectivity index (χ0n) is 9.62. The standard InChI is InChI=1S/C11H13N3O2S/c1-7-3-9-12-6-13-14(9)10(4-7)17-5-8(2)11(15)16/h3-4,6,8H,5H2,1-2H3,(H,15,16). The maximum Gasteiger partial charge on any atom is 0.307 e. The lowest BCUT2D eigenvalue weighted by Gasteiger charge is -2.07. The Morgan fingerprint density at radius 2 is 2.35 bits per heavy atom. The molecule has 2 rings (SSSR count). The summed E-state index contributed by atoms with van der Waals surface area (Å²) in [5, 5.41) is 13.9. The molecule has 0 radical (unpaired) electrons. The largest absolute Gasteiger partial charge is 0.481 e. The Balaban J connectivity index is 2.23. The molecular formula is C11H13N3O2S. The van der Waals surface area contributed by atoms with E-state index in [1.165, 1.54) is 18.1 Å². The summed E-state index contributed by atoms with van der Waals surface area (Å²) in [6.45, 7) is 3.68. The fourth-order valence-corrected chi connectivity index (χ4v) is 2.50. The molecule has 2 aromatic rings. The molecule has 0 aliphatic heterocycles. The van der Waals surface area contributed by atoms with E-state index >= 15 is 0 Å². The van der Waals surface area contributed by atoms with Crippen molar-refractivity contribution < 1.29 is 9.90 Å². The van der Waals surface area contributed by atoms with Crippen LogP contribution in [0.2, 0.25) is 0 Å². The van der Waals surface area contributed by atoms with E-state index in [-0.39, 0.29) is 5.92 Å². The van der Waals surface area contributed by atoms with Gasteiger partial charge in [0.05, 0.1) is 5.92 Å². The molecular weight excluding hydrogens is 238 g/mol. The number of nitrogens with zero attached hydrogens (tertiary/aromatic N) is 3. The second-order valence-corrected chi connectivity index (χ2v) is 4.99. The third-order valence-corrected chi connectivity index (χ3v) is 3.65. The Labute approximate surface area is 103 Å². The zero-order valence-corrected chi connectivity index (χ0v) is 10.4. The van der Waals surface area contributed by atoms with Gasteiger partial charge in [-0.05, 0) is 24.6 Å². The highest BCUT2D eigenvalue weighted by Crippen LogP contribution is 2.22. The Morgan fingerprint density at radius 3 is 3.06 bits per heavy atom. The average Bonchev–Trinajstić information content (AvgIpc) is 2.72. The van der Waals surface area contributed by atoms with E-state index in [1.807, 2.05) is 19.1 Å². The number of hydrogen-bond acceptors (Lipinski definition) is 4. The van der Waals surface area contributed by atoms with Crippen LogP contribution in [0.15, 0.2) is 23.5 Å². The van der Waals surface area contributed by atoms with Gasteiger partial charge in [-0.15, -0.1) is 11.8 Å². The van der Waals surface area contributed by atoms with E-state index < -0.39 is 5.97 Å². The molecule has 0 amide bonds. The van der Waals surface area contributed by atoms with E-state index in [0.717, 1.165) is 16.2 Å². The van der Waals surface area contributed by atoms with Crippen molar-refractivity contribution in [1.82, 2.24) is 14.6 Å². The number of carbonyl (C=O) groups is 1. The normalized spacial score (nSPS) is 12.8. The quantitative estimate of drug-likeness (QED) is 0.840. The van der Waals surface area contributed by atoms with Crippen molar-refractivity contribution >= 4 is 23.4 Å². The van der Waals surface area contributed by atoms with Gasteiger partial charge in [0.15, 0.2) is 5.65 Å². The van der Waals surface area contributed by atoms with Crippen LogP contribution in [0, 0.1) is 12.8 Å². The molecule has 17 heavy (non-hydrogen) atoms. The summed E-state index contributed by atoms with van der Waals surface area (Å²) in [7, 11) is 0. The van der Waals surface area contributed by atoms with Crippen molar-refractivity contribution in [3.8, 4) is 0 Å². The summed E-state index contributed by atoms with van der Waals surface area (Å²) in [5.74, 6) is -0.632. The second kappa shape index (κ2) is 4.75. The van der Waals surface area contributed by atoms with Gasteiger partial charge in [0.2, 0.25) is 0 Å². The smallest absolute Gasteiger partial charge is 0.307 e. The molecule has 0 aromatic carbocycles. The highest BCUT2D eigenvalue weighted by molar-refractivity contribution is 7.99. The van der Waals surface area contributed by atoms with Gasteiger partial charge in [-0.25, -0.2) is 9.50 Å². The van der Waals surface area contributed by atoms with Gasteiger partial charge in [-0.3, -0.25) is 4.79 Å². The van der Waals surface area contributed by atoms with Gasteiger partial charge in [-0.1, -0.05) is 6.92 Å². The summed E-state index contributed by atoms with van der Waals surface area (Å²) < 4.78 is 1.73. The number of fused-ring (bicyclic) bond motifs is 1. The molecule has 1 unspecified atom stereocenters. The van der Waals surface area contributed by atoms with E-state index in [2.05, 4.69) is 10.1 Å². The second-order valence-electron chi connectivity index (χ2n) is 3.95. The first kappa shape index (κ1) is 11.9. The van der Waals surface area contributed by atoms with Crippen molar-refractivity contribution in [3.63, 3.8) is 0 Å². The summed E-state index contributed by atoms with van der Waals surface area (Å²) in [5.41, 5.74) is 1.88. The summed E-state index contributed by atoms with van der Waals surface area (Å²) in [4.78, 5) is 14.9. The Bertz CT molecular complexity index is 553. The molecule has 2 heterocycles. The third-order valence-electron chi connectivity index (χ3n) is 2.39. The van der Waals surface area contributed by atoms with Crippen LogP contribution in [-0.2, 0) is 4.79 Å². The summed E-state index contributed by atoms with van der Waals surface area (Å²) in [6, 6.07) is 3.93. The van der Waals surface area contributed by atoms with Crippen LogP contribution in [0.4, 0.5) is 0 Å². The first-order valence-electron chi connectivity index (χ1n) is 5.24. The number of aromatic nitrogens is 3. The van der Waals surface area contributed by atoms with E-state index in [0.29, 0.717) is 5.75 Å². The highest BCUT2D eigenvalue weighted by atomic mass is 32.2. The lowest BCUT2D eigenvalue weighted by molar-refractivity contribution is -0.140. The molecule has 1 N–H and O–H groups in total. The van der Waals surface area contributed by atoms with Gasteiger partial charge < -0.3 is 5.11 Å². The molecule has 2 aromatic heterocycles. The number of carboxylic acid groups (broad SMARTS) is 1. The maximum atomic E-state index is 10.8. The molecule has 0 aliphatic rings. The van der Waals surface area contributed by atoms with Gasteiger partial charge in [0.1, 0.15) is 11.4 Å². The average molecular weight is 251 g/mol. The summed E-state index contributed by atoms with van der Waals surface area (Å²) in [6.07, 6.45) is 1.50. The first-order valence-corrected chi connectivity index (χ1v) is 6.22. The van der Waals surface area contributed by atoms with E-state index in [4.69, 9.17) is 5.11 Å². The van der Waals surface area contributed by atoms with Crippen LogP contribution in [0.5, 0.6) is 0 Å². The number of rotatable bonds is 4. The zero-order chi connectivity index (χ0) is 12.4. The first-order chi connectivity index (χ1) is 8.08. The van der Waals surface area contributed by atoms with Crippen LogP contribution in [0.1, 0.15) is 12.5 Å². The molecule has 90 valence electrons. The van der Waals surface area contributed by atoms with Crippen LogP contribution in [0.25, 0.3) is 5.65 Å². The maximum absolute atomic E-state index is 10.8. The summed E-state index contributed by atoms with van der Waals surface area (Å²) >= 11 is 1.48. The Hall–Kier alpha value is -1.56. The van der Waals surface area contributed by atoms with Gasteiger partial charge in [-0.2, -0.15) is 5.10 Å². The van der Waals surface area contributed by atoms with Gasteiger partial charge >= 0.3 is 5.97 Å². The van der Waals surface area contributed by atoms with Gasteiger partial charge in [0.25, 0.3) is 0 Å². The fraction of sp³-hybridized carbons (Fsp3) is 0.364. The molecule has 1 atom stereocenters. The Kier molecular flexibility index (Phi) is 3.33. The van der Waals surface area contributed by atoms with Crippen molar-refractivity contribution in [3.05, 3.63) is 24.0 Å². The fourth-order valence-electron chi connectivity index (χ4n) is 1.40. The minimum atomic E-state index is -0.778. The number of hydrogen-bond donors (Lipinski definition) is 1. The lowest BCUT2D eigenvalue weighted by Crippen LogP contribution is -2.12. The Morgan fingerprint density at radius 1 is 1.59 bits per heavy atom. The minimum absolute atomic E-state index is 0.376. The van der Waals surface area contributed by atoms with E-state index in [1.54, 1.807) is 11.4 Å². The van der Waals surface area contributed by atoms with Crippen LogP contribution >= 0.6 is 11.8 Å². The number of aliphatic carboxylic acids is 1. The number of aryl methyl sites for hydroxylation is 1. The molecule has 0 spiro atoms. The predicted molar refractivity (Wildman–Crippen MR) is 65.2 cm³/mol. The molecule has 0 bridgehead atoms. The van der Waals surface area contributed by atoms with Crippen molar-refractivity contribution in [2.24, 2.45) is 5.92 Å².